The summed E-state index contributed by atoms with van der Waals surface area (Å²) in [5, 5.41) is 10.9. The average Bonchev–Trinajstić information content (AvgIpc) is 2.37. The third-order valence-corrected chi connectivity index (χ3v) is 2.93. The Morgan fingerprint density at radius 2 is 2.15 bits per heavy atom. The Hall–Kier alpha value is -1.66. The summed E-state index contributed by atoms with van der Waals surface area (Å²) in [6.07, 6.45) is 0. The molecular formula is C14H23N3O3. The van der Waals surface area contributed by atoms with E-state index in [0.717, 1.165) is 18.7 Å². The number of rotatable bonds is 8. The van der Waals surface area contributed by atoms with Gasteiger partial charge in [-0.3, -0.25) is 15.0 Å². The molecule has 0 atom stereocenters. The van der Waals surface area contributed by atoms with Crippen molar-refractivity contribution in [1.82, 2.24) is 4.90 Å². The molecule has 6 nitrogen and oxygen atoms in total. The topological polar surface area (TPSA) is 81.6 Å². The zero-order chi connectivity index (χ0) is 15.1. The Balaban J connectivity index is 2.81. The van der Waals surface area contributed by atoms with Gasteiger partial charge in [-0.2, -0.15) is 0 Å². The van der Waals surface area contributed by atoms with E-state index in [-0.39, 0.29) is 11.4 Å². The molecule has 1 rings (SSSR count). The van der Waals surface area contributed by atoms with Crippen molar-refractivity contribution in [1.29, 1.82) is 0 Å². The van der Waals surface area contributed by atoms with Crippen LogP contribution in [0.1, 0.15) is 19.4 Å². The monoisotopic (exact) mass is 281 g/mol. The number of hydrogen-bond donors (Lipinski definition) is 1. The highest BCUT2D eigenvalue weighted by Gasteiger charge is 2.14. The maximum absolute atomic E-state index is 10.9. The molecule has 0 saturated carbocycles. The van der Waals surface area contributed by atoms with Crippen LogP contribution in [0.2, 0.25) is 0 Å². The molecule has 0 aliphatic heterocycles. The van der Waals surface area contributed by atoms with Gasteiger partial charge in [0.15, 0.2) is 0 Å². The predicted molar refractivity (Wildman–Crippen MR) is 79.5 cm³/mol. The van der Waals surface area contributed by atoms with Crippen molar-refractivity contribution in [3.8, 4) is 0 Å². The van der Waals surface area contributed by atoms with Crippen molar-refractivity contribution in [2.75, 3.05) is 32.5 Å². The highest BCUT2D eigenvalue weighted by Crippen LogP contribution is 2.23. The first-order chi connectivity index (χ1) is 9.43. The molecule has 112 valence electrons. The van der Waals surface area contributed by atoms with E-state index in [0.29, 0.717) is 19.1 Å². The molecule has 20 heavy (non-hydrogen) atoms. The zero-order valence-electron chi connectivity index (χ0n) is 12.3. The molecule has 0 radical (unpaired) electrons. The summed E-state index contributed by atoms with van der Waals surface area (Å²) in [6, 6.07) is 4.98. The Morgan fingerprint density at radius 3 is 2.70 bits per heavy atom. The van der Waals surface area contributed by atoms with Crippen LogP contribution in [-0.4, -0.2) is 36.6 Å². The SMILES string of the molecule is COCCN(Cc1ccc(N)c([N+](=O)[O-])c1)CC(C)C. The second kappa shape index (κ2) is 7.81. The standard InChI is InChI=1S/C14H23N3O3/c1-11(2)9-16(6-7-20-3)10-12-4-5-13(15)14(8-12)17(18)19/h4-5,8,11H,6-7,9-10,15H2,1-3H3. The number of nitro benzene ring substituents is 1. The lowest BCUT2D eigenvalue weighted by Gasteiger charge is -2.24. The summed E-state index contributed by atoms with van der Waals surface area (Å²) >= 11 is 0. The fourth-order valence-electron chi connectivity index (χ4n) is 2.08. The molecule has 1 aromatic rings. The lowest BCUT2D eigenvalue weighted by molar-refractivity contribution is -0.384. The summed E-state index contributed by atoms with van der Waals surface area (Å²) < 4.78 is 5.10. The molecular weight excluding hydrogens is 258 g/mol. The van der Waals surface area contributed by atoms with Crippen LogP contribution in [0, 0.1) is 16.0 Å². The van der Waals surface area contributed by atoms with Crippen molar-refractivity contribution in [2.24, 2.45) is 5.92 Å². The van der Waals surface area contributed by atoms with Gasteiger partial charge in [0.2, 0.25) is 0 Å². The van der Waals surface area contributed by atoms with Crippen LogP contribution in [0.15, 0.2) is 18.2 Å². The predicted octanol–water partition coefficient (Wildman–Crippen LogP) is 2.28. The number of benzene rings is 1. The Labute approximate surface area is 119 Å². The minimum Gasteiger partial charge on any atom is -0.393 e. The minimum absolute atomic E-state index is 0.0289. The van der Waals surface area contributed by atoms with E-state index < -0.39 is 4.92 Å². The lowest BCUT2D eigenvalue weighted by Crippen LogP contribution is -2.30. The number of anilines is 1. The highest BCUT2D eigenvalue weighted by atomic mass is 16.6. The second-order valence-electron chi connectivity index (χ2n) is 5.27. The minimum atomic E-state index is -0.444. The number of methoxy groups -OCH3 is 1. The van der Waals surface area contributed by atoms with Gasteiger partial charge >= 0.3 is 0 Å². The van der Waals surface area contributed by atoms with Gasteiger partial charge in [0.25, 0.3) is 5.69 Å². The first-order valence-corrected chi connectivity index (χ1v) is 6.68. The number of nitrogens with zero attached hydrogens (tertiary/aromatic N) is 2. The summed E-state index contributed by atoms with van der Waals surface area (Å²) in [7, 11) is 1.67. The molecule has 0 fully saturated rings. The van der Waals surface area contributed by atoms with E-state index in [1.54, 1.807) is 19.2 Å². The van der Waals surface area contributed by atoms with E-state index in [1.165, 1.54) is 0 Å². The van der Waals surface area contributed by atoms with Gasteiger partial charge in [-0.1, -0.05) is 19.9 Å². The molecule has 1 aromatic carbocycles. The first kappa shape index (κ1) is 16.4. The van der Waals surface area contributed by atoms with Crippen LogP contribution in [0.3, 0.4) is 0 Å². The second-order valence-corrected chi connectivity index (χ2v) is 5.27. The Bertz CT molecular complexity index is 449. The van der Waals surface area contributed by atoms with Crippen molar-refractivity contribution >= 4 is 11.4 Å². The summed E-state index contributed by atoms with van der Waals surface area (Å²) in [4.78, 5) is 12.7. The maximum Gasteiger partial charge on any atom is 0.292 e. The van der Waals surface area contributed by atoms with E-state index >= 15 is 0 Å². The Morgan fingerprint density at radius 1 is 1.45 bits per heavy atom. The fraction of sp³-hybridized carbons (Fsp3) is 0.571. The van der Waals surface area contributed by atoms with Crippen LogP contribution in [0.4, 0.5) is 11.4 Å². The van der Waals surface area contributed by atoms with Gasteiger partial charge in [-0.15, -0.1) is 0 Å². The number of hydrogen-bond acceptors (Lipinski definition) is 5. The third kappa shape index (κ3) is 5.14. The fourth-order valence-corrected chi connectivity index (χ4v) is 2.08. The lowest BCUT2D eigenvalue weighted by atomic mass is 10.1. The van der Waals surface area contributed by atoms with Gasteiger partial charge < -0.3 is 10.5 Å². The van der Waals surface area contributed by atoms with E-state index in [4.69, 9.17) is 10.5 Å². The molecule has 6 heteroatoms. The summed E-state index contributed by atoms with van der Waals surface area (Å²) in [5.41, 5.74) is 6.67. The first-order valence-electron chi connectivity index (χ1n) is 6.68. The van der Waals surface area contributed by atoms with Crippen LogP contribution < -0.4 is 5.73 Å². The summed E-state index contributed by atoms with van der Waals surface area (Å²) in [5.74, 6) is 0.524. The number of ether oxygens (including phenoxy) is 1. The van der Waals surface area contributed by atoms with Gasteiger partial charge in [0, 0.05) is 32.8 Å². The van der Waals surface area contributed by atoms with Crippen molar-refractivity contribution < 1.29 is 9.66 Å². The molecule has 0 aromatic heterocycles. The third-order valence-electron chi connectivity index (χ3n) is 2.93. The van der Waals surface area contributed by atoms with Crippen LogP contribution in [-0.2, 0) is 11.3 Å². The van der Waals surface area contributed by atoms with Crippen LogP contribution >= 0.6 is 0 Å². The van der Waals surface area contributed by atoms with Crippen molar-refractivity contribution in [3.05, 3.63) is 33.9 Å². The molecule has 0 aliphatic carbocycles. The molecule has 0 unspecified atom stereocenters. The van der Waals surface area contributed by atoms with E-state index in [1.807, 2.05) is 6.07 Å². The van der Waals surface area contributed by atoms with E-state index in [2.05, 4.69) is 18.7 Å². The molecule has 0 aliphatic rings. The number of nitrogen functional groups attached to an aromatic ring is 1. The number of nitro groups is 1. The summed E-state index contributed by atoms with van der Waals surface area (Å²) in [6.45, 7) is 7.30. The zero-order valence-corrected chi connectivity index (χ0v) is 12.3. The largest absolute Gasteiger partial charge is 0.393 e. The van der Waals surface area contributed by atoms with Crippen LogP contribution in [0.25, 0.3) is 0 Å². The quantitative estimate of drug-likeness (QED) is 0.449. The molecule has 2 N–H and O–H groups in total. The Kier molecular flexibility index (Phi) is 6.41. The van der Waals surface area contributed by atoms with Crippen molar-refractivity contribution in [2.45, 2.75) is 20.4 Å². The molecule has 0 saturated heterocycles. The molecule has 0 amide bonds. The van der Waals surface area contributed by atoms with Crippen molar-refractivity contribution in [3.63, 3.8) is 0 Å². The normalized spacial score (nSPS) is 11.2. The van der Waals surface area contributed by atoms with Gasteiger partial charge in [-0.05, 0) is 17.5 Å². The molecule has 0 bridgehead atoms. The highest BCUT2D eigenvalue weighted by molar-refractivity contribution is 5.59. The van der Waals surface area contributed by atoms with Gasteiger partial charge in [0.05, 0.1) is 11.5 Å². The molecule has 0 heterocycles. The molecule has 0 spiro atoms. The average molecular weight is 281 g/mol. The van der Waals surface area contributed by atoms with E-state index in [9.17, 15) is 10.1 Å². The maximum atomic E-state index is 10.9. The van der Waals surface area contributed by atoms with Crippen LogP contribution in [0.5, 0.6) is 0 Å². The number of nitrogens with two attached hydrogens (primary N) is 1. The van der Waals surface area contributed by atoms with Gasteiger partial charge in [0.1, 0.15) is 5.69 Å². The van der Waals surface area contributed by atoms with Gasteiger partial charge in [-0.25, -0.2) is 0 Å². The smallest absolute Gasteiger partial charge is 0.292 e.